The molecule has 1 N–H and O–H groups in total. The molecule has 1 unspecified atom stereocenters. The Morgan fingerprint density at radius 2 is 2.47 bits per heavy atom. The van der Waals surface area contributed by atoms with E-state index in [1.165, 1.54) is 12.8 Å². The van der Waals surface area contributed by atoms with Gasteiger partial charge in [0.1, 0.15) is 5.69 Å². The molecule has 0 aliphatic carbocycles. The summed E-state index contributed by atoms with van der Waals surface area (Å²) in [7, 11) is 1.88. The second-order valence-corrected chi connectivity index (χ2v) is 4.66. The molecule has 0 saturated carbocycles. The number of hydrogen-bond acceptors (Lipinski definition) is 2. The van der Waals surface area contributed by atoms with E-state index in [0.717, 1.165) is 25.3 Å². The van der Waals surface area contributed by atoms with Gasteiger partial charge in [-0.1, -0.05) is 0 Å². The van der Waals surface area contributed by atoms with E-state index in [2.05, 4.69) is 12.2 Å². The smallest absolute Gasteiger partial charge is 0.270 e. The van der Waals surface area contributed by atoms with Gasteiger partial charge in [0.05, 0.1) is 0 Å². The summed E-state index contributed by atoms with van der Waals surface area (Å²) in [5, 5.41) is 3.42. The van der Waals surface area contributed by atoms with Crippen LogP contribution in [0.5, 0.6) is 0 Å². The number of likely N-dealkylation sites (N-methyl/N-ethyl adjacent to an activating group) is 1. The molecule has 17 heavy (non-hydrogen) atoms. The number of aromatic nitrogens is 1. The van der Waals surface area contributed by atoms with Crippen molar-refractivity contribution >= 4 is 5.91 Å². The summed E-state index contributed by atoms with van der Waals surface area (Å²) in [4.78, 5) is 14.1. The van der Waals surface area contributed by atoms with Gasteiger partial charge in [-0.2, -0.15) is 0 Å². The van der Waals surface area contributed by atoms with Crippen LogP contribution in [0, 0.1) is 0 Å². The van der Waals surface area contributed by atoms with Crippen LogP contribution in [0.2, 0.25) is 0 Å². The second-order valence-electron chi connectivity index (χ2n) is 4.66. The van der Waals surface area contributed by atoms with E-state index >= 15 is 0 Å². The lowest BCUT2D eigenvalue weighted by molar-refractivity contribution is 0.0773. The highest BCUT2D eigenvalue weighted by Gasteiger charge is 2.20. The highest BCUT2D eigenvalue weighted by atomic mass is 16.2. The topological polar surface area (TPSA) is 37.3 Å². The van der Waals surface area contributed by atoms with E-state index in [9.17, 15) is 4.79 Å². The largest absolute Gasteiger partial charge is 0.344 e. The van der Waals surface area contributed by atoms with Gasteiger partial charge in [-0.15, -0.1) is 0 Å². The van der Waals surface area contributed by atoms with Crippen LogP contribution in [-0.2, 0) is 6.54 Å². The summed E-state index contributed by atoms with van der Waals surface area (Å²) >= 11 is 0. The highest BCUT2D eigenvalue weighted by Crippen LogP contribution is 2.10. The van der Waals surface area contributed by atoms with Gasteiger partial charge >= 0.3 is 0 Å². The van der Waals surface area contributed by atoms with E-state index in [-0.39, 0.29) is 5.91 Å². The molecule has 0 spiro atoms. The molecule has 1 saturated heterocycles. The summed E-state index contributed by atoms with van der Waals surface area (Å²) in [6.45, 7) is 4.77. The quantitative estimate of drug-likeness (QED) is 0.855. The van der Waals surface area contributed by atoms with E-state index in [1.807, 2.05) is 34.8 Å². The maximum Gasteiger partial charge on any atom is 0.270 e. The first kappa shape index (κ1) is 12.2. The highest BCUT2D eigenvalue weighted by molar-refractivity contribution is 5.92. The number of hydrogen-bond donors (Lipinski definition) is 1. The van der Waals surface area contributed by atoms with Crippen LogP contribution in [0.15, 0.2) is 18.3 Å². The molecule has 94 valence electrons. The van der Waals surface area contributed by atoms with Crippen LogP contribution in [0.1, 0.15) is 30.3 Å². The van der Waals surface area contributed by atoms with E-state index in [0.29, 0.717) is 6.04 Å². The van der Waals surface area contributed by atoms with Gasteiger partial charge in [-0.05, 0) is 38.4 Å². The average Bonchev–Trinajstić information content (AvgIpc) is 2.97. The Kier molecular flexibility index (Phi) is 3.84. The molecule has 4 nitrogen and oxygen atoms in total. The van der Waals surface area contributed by atoms with Gasteiger partial charge in [-0.3, -0.25) is 4.79 Å². The third-order valence-electron chi connectivity index (χ3n) is 3.39. The predicted octanol–water partition coefficient (Wildman–Crippen LogP) is 1.33. The summed E-state index contributed by atoms with van der Waals surface area (Å²) in [6, 6.07) is 4.29. The van der Waals surface area contributed by atoms with Crippen molar-refractivity contribution in [1.82, 2.24) is 14.8 Å². The third kappa shape index (κ3) is 2.69. The normalized spacial score (nSPS) is 19.5. The Morgan fingerprint density at radius 3 is 3.12 bits per heavy atom. The van der Waals surface area contributed by atoms with Crippen LogP contribution < -0.4 is 5.32 Å². The second kappa shape index (κ2) is 5.36. The van der Waals surface area contributed by atoms with Crippen LogP contribution in [0.25, 0.3) is 0 Å². The van der Waals surface area contributed by atoms with Crippen molar-refractivity contribution < 1.29 is 4.79 Å². The van der Waals surface area contributed by atoms with Gasteiger partial charge in [-0.25, -0.2) is 0 Å². The molecule has 1 amide bonds. The van der Waals surface area contributed by atoms with Crippen LogP contribution >= 0.6 is 0 Å². The lowest BCUT2D eigenvalue weighted by Gasteiger charge is -2.21. The number of aryl methyl sites for hydroxylation is 1. The van der Waals surface area contributed by atoms with E-state index < -0.39 is 0 Å². The fourth-order valence-electron chi connectivity index (χ4n) is 2.41. The zero-order valence-electron chi connectivity index (χ0n) is 10.6. The molecular weight excluding hydrogens is 214 g/mol. The zero-order valence-corrected chi connectivity index (χ0v) is 10.6. The molecule has 0 aromatic carbocycles. The molecule has 1 atom stereocenters. The third-order valence-corrected chi connectivity index (χ3v) is 3.39. The number of carbonyl (C=O) groups excluding carboxylic acids is 1. The Hall–Kier alpha value is -1.29. The molecule has 0 radical (unpaired) electrons. The summed E-state index contributed by atoms with van der Waals surface area (Å²) in [5.41, 5.74) is 0.785. The first-order chi connectivity index (χ1) is 8.22. The summed E-state index contributed by atoms with van der Waals surface area (Å²) in [5.74, 6) is 0.116. The van der Waals surface area contributed by atoms with Crippen molar-refractivity contribution in [1.29, 1.82) is 0 Å². The molecule has 1 aliphatic heterocycles. The van der Waals surface area contributed by atoms with Crippen molar-refractivity contribution in [2.75, 3.05) is 20.1 Å². The molecule has 2 heterocycles. The van der Waals surface area contributed by atoms with Crippen LogP contribution in [-0.4, -0.2) is 41.6 Å². The minimum Gasteiger partial charge on any atom is -0.344 e. The lowest BCUT2D eigenvalue weighted by atomic mass is 10.2. The number of nitrogens with one attached hydrogen (secondary N) is 1. The zero-order chi connectivity index (χ0) is 12.3. The monoisotopic (exact) mass is 235 g/mol. The van der Waals surface area contributed by atoms with Gasteiger partial charge < -0.3 is 14.8 Å². The molecule has 1 aromatic rings. The molecule has 2 rings (SSSR count). The van der Waals surface area contributed by atoms with Crippen LogP contribution in [0.4, 0.5) is 0 Å². The average molecular weight is 235 g/mol. The maximum atomic E-state index is 12.3. The van der Waals surface area contributed by atoms with E-state index in [4.69, 9.17) is 0 Å². The van der Waals surface area contributed by atoms with Gasteiger partial charge in [0.25, 0.3) is 5.91 Å². The van der Waals surface area contributed by atoms with Gasteiger partial charge in [0, 0.05) is 32.4 Å². The predicted molar refractivity (Wildman–Crippen MR) is 68.1 cm³/mol. The molecule has 1 fully saturated rings. The Morgan fingerprint density at radius 1 is 1.65 bits per heavy atom. The fourth-order valence-corrected chi connectivity index (χ4v) is 2.41. The van der Waals surface area contributed by atoms with Gasteiger partial charge in [0.2, 0.25) is 0 Å². The van der Waals surface area contributed by atoms with E-state index in [1.54, 1.807) is 0 Å². The van der Waals surface area contributed by atoms with Crippen molar-refractivity contribution in [3.63, 3.8) is 0 Å². The minimum atomic E-state index is 0.116. The van der Waals surface area contributed by atoms with Crippen molar-refractivity contribution in [3.05, 3.63) is 24.0 Å². The molecular formula is C13H21N3O. The first-order valence-corrected chi connectivity index (χ1v) is 6.36. The number of nitrogens with zero attached hydrogens (tertiary/aromatic N) is 2. The van der Waals surface area contributed by atoms with Crippen LogP contribution in [0.3, 0.4) is 0 Å². The van der Waals surface area contributed by atoms with Crippen molar-refractivity contribution in [3.8, 4) is 0 Å². The Bertz CT molecular complexity index is 380. The molecule has 1 aliphatic rings. The first-order valence-electron chi connectivity index (χ1n) is 6.36. The summed E-state index contributed by atoms with van der Waals surface area (Å²) in [6.07, 6.45) is 4.35. The number of carbonyl (C=O) groups is 1. The summed E-state index contributed by atoms with van der Waals surface area (Å²) < 4.78 is 1.99. The Labute approximate surface area is 103 Å². The molecule has 1 aromatic heterocycles. The Balaban J connectivity index is 1.98. The molecule has 0 bridgehead atoms. The maximum absolute atomic E-state index is 12.3. The SMILES string of the molecule is CCn1cccc1C(=O)N(C)CC1CCCN1. The lowest BCUT2D eigenvalue weighted by Crippen LogP contribution is -2.39. The van der Waals surface area contributed by atoms with Crippen molar-refractivity contribution in [2.45, 2.75) is 32.4 Å². The fraction of sp³-hybridized carbons (Fsp3) is 0.615. The minimum absolute atomic E-state index is 0.116. The van der Waals surface area contributed by atoms with Gasteiger partial charge in [0.15, 0.2) is 0 Å². The molecule has 4 heteroatoms. The standard InChI is InChI=1S/C13H21N3O/c1-3-16-9-5-7-12(16)13(17)15(2)10-11-6-4-8-14-11/h5,7,9,11,14H,3-4,6,8,10H2,1-2H3. The number of rotatable bonds is 4. The number of amides is 1. The van der Waals surface area contributed by atoms with Crippen molar-refractivity contribution in [2.24, 2.45) is 0 Å².